The topological polar surface area (TPSA) is 70.2 Å². The lowest BCUT2D eigenvalue weighted by molar-refractivity contribution is -0.139. The van der Waals surface area contributed by atoms with Crippen LogP contribution in [0.15, 0.2) is 30.3 Å². The van der Waals surface area contributed by atoms with E-state index in [1.165, 1.54) is 5.56 Å². The lowest BCUT2D eigenvalue weighted by Gasteiger charge is -2.36. The molecule has 3 amide bonds. The van der Waals surface area contributed by atoms with E-state index in [1.54, 1.807) is 9.80 Å². The van der Waals surface area contributed by atoms with E-state index >= 15 is 0 Å². The average Bonchev–Trinajstić information content (AvgIpc) is 3.28. The fourth-order valence-corrected chi connectivity index (χ4v) is 4.52. The molecule has 3 heterocycles. The van der Waals surface area contributed by atoms with E-state index in [0.29, 0.717) is 39.2 Å². The summed E-state index contributed by atoms with van der Waals surface area (Å²) in [6, 6.07) is 10.3. The van der Waals surface area contributed by atoms with Crippen LogP contribution in [-0.2, 0) is 20.7 Å². The fourth-order valence-electron chi connectivity index (χ4n) is 4.52. The first-order valence-electron chi connectivity index (χ1n) is 10.1. The molecule has 1 aromatic carbocycles. The Morgan fingerprint density at radius 1 is 1.07 bits per heavy atom. The van der Waals surface area contributed by atoms with Gasteiger partial charge in [-0.2, -0.15) is 0 Å². The highest BCUT2D eigenvalue weighted by atomic mass is 16.6. The van der Waals surface area contributed by atoms with Crippen molar-refractivity contribution in [2.24, 2.45) is 5.92 Å². The molecule has 0 saturated carbocycles. The van der Waals surface area contributed by atoms with Crippen molar-refractivity contribution in [3.63, 3.8) is 0 Å². The van der Waals surface area contributed by atoms with Gasteiger partial charge in [0.25, 0.3) is 0 Å². The maximum Gasteiger partial charge on any atom is 0.410 e. The van der Waals surface area contributed by atoms with Gasteiger partial charge in [-0.25, -0.2) is 4.79 Å². The van der Waals surface area contributed by atoms with E-state index in [-0.39, 0.29) is 36.4 Å². The number of likely N-dealkylation sites (tertiary alicyclic amines) is 2. The lowest BCUT2D eigenvalue weighted by atomic mass is 9.99. The Hall–Kier alpha value is -2.57. The van der Waals surface area contributed by atoms with Crippen molar-refractivity contribution < 1.29 is 19.1 Å². The molecule has 3 aliphatic rings. The molecule has 0 unspecified atom stereocenters. The molecule has 1 aromatic rings. The van der Waals surface area contributed by atoms with Crippen LogP contribution in [-0.4, -0.2) is 78.0 Å². The van der Waals surface area contributed by atoms with Crippen LogP contribution in [0.5, 0.6) is 0 Å². The molecule has 3 fully saturated rings. The maximum absolute atomic E-state index is 12.7. The van der Waals surface area contributed by atoms with E-state index in [1.807, 2.05) is 23.1 Å². The van der Waals surface area contributed by atoms with Gasteiger partial charge < -0.3 is 19.4 Å². The smallest absolute Gasteiger partial charge is 0.410 e. The Morgan fingerprint density at radius 3 is 2.50 bits per heavy atom. The molecular formula is C21H27N3O4. The normalized spacial score (nSPS) is 23.4. The van der Waals surface area contributed by atoms with Crippen LogP contribution in [0.4, 0.5) is 4.79 Å². The monoisotopic (exact) mass is 385 g/mol. The second kappa shape index (κ2) is 8.20. The predicted molar refractivity (Wildman–Crippen MR) is 102 cm³/mol. The standard InChI is InChI=1S/C21H27N3O4/c25-19-13-17(12-16-4-2-1-3-5-16)14-23(19)15-20(26)22-8-6-18(7-9-22)24-10-11-28-21(24)27/h1-5,17-18H,6-15H2/t17-/m0/s1. The van der Waals surface area contributed by atoms with Crippen LogP contribution in [0.1, 0.15) is 24.8 Å². The molecule has 7 heteroatoms. The largest absolute Gasteiger partial charge is 0.448 e. The van der Waals surface area contributed by atoms with Crippen LogP contribution < -0.4 is 0 Å². The number of carbonyl (C=O) groups excluding carboxylic acids is 3. The zero-order chi connectivity index (χ0) is 19.5. The summed E-state index contributed by atoms with van der Waals surface area (Å²) in [7, 11) is 0. The summed E-state index contributed by atoms with van der Waals surface area (Å²) in [6.07, 6.45) is 2.68. The number of piperidine rings is 1. The van der Waals surface area contributed by atoms with Crippen LogP contribution in [0.25, 0.3) is 0 Å². The van der Waals surface area contributed by atoms with Crippen LogP contribution >= 0.6 is 0 Å². The number of rotatable bonds is 5. The number of ether oxygens (including phenoxy) is 1. The Bertz CT molecular complexity index is 730. The maximum atomic E-state index is 12.7. The molecule has 7 nitrogen and oxygen atoms in total. The summed E-state index contributed by atoms with van der Waals surface area (Å²) in [6.45, 7) is 3.17. The summed E-state index contributed by atoms with van der Waals surface area (Å²) in [5.74, 6) is 0.356. The zero-order valence-electron chi connectivity index (χ0n) is 16.1. The van der Waals surface area contributed by atoms with Gasteiger partial charge in [0, 0.05) is 32.1 Å². The molecule has 0 aromatic heterocycles. The van der Waals surface area contributed by atoms with E-state index in [4.69, 9.17) is 4.74 Å². The summed E-state index contributed by atoms with van der Waals surface area (Å²) in [5.41, 5.74) is 1.23. The van der Waals surface area contributed by atoms with Gasteiger partial charge in [-0.1, -0.05) is 30.3 Å². The van der Waals surface area contributed by atoms with Crippen molar-refractivity contribution in [1.29, 1.82) is 0 Å². The third-order valence-electron chi connectivity index (χ3n) is 6.04. The van der Waals surface area contributed by atoms with Gasteiger partial charge >= 0.3 is 6.09 Å². The third kappa shape index (κ3) is 4.13. The minimum Gasteiger partial charge on any atom is -0.448 e. The minimum atomic E-state index is -0.239. The molecule has 0 N–H and O–H groups in total. The Kier molecular flexibility index (Phi) is 5.50. The van der Waals surface area contributed by atoms with Gasteiger partial charge in [-0.05, 0) is 30.7 Å². The molecule has 1 atom stereocenters. The van der Waals surface area contributed by atoms with Crippen molar-refractivity contribution in [3.05, 3.63) is 35.9 Å². The highest BCUT2D eigenvalue weighted by Gasteiger charge is 2.35. The van der Waals surface area contributed by atoms with Crippen molar-refractivity contribution in [3.8, 4) is 0 Å². The molecule has 0 aliphatic carbocycles. The molecule has 0 spiro atoms. The Balaban J connectivity index is 1.25. The van der Waals surface area contributed by atoms with E-state index in [0.717, 1.165) is 19.3 Å². The van der Waals surface area contributed by atoms with E-state index in [2.05, 4.69) is 12.1 Å². The van der Waals surface area contributed by atoms with Crippen molar-refractivity contribution in [1.82, 2.24) is 14.7 Å². The Morgan fingerprint density at radius 2 is 1.82 bits per heavy atom. The molecular weight excluding hydrogens is 358 g/mol. The average molecular weight is 385 g/mol. The van der Waals surface area contributed by atoms with Gasteiger partial charge in [0.2, 0.25) is 11.8 Å². The highest BCUT2D eigenvalue weighted by molar-refractivity contribution is 5.86. The van der Waals surface area contributed by atoms with E-state index in [9.17, 15) is 14.4 Å². The zero-order valence-corrected chi connectivity index (χ0v) is 16.1. The van der Waals surface area contributed by atoms with Crippen LogP contribution in [0.2, 0.25) is 0 Å². The van der Waals surface area contributed by atoms with E-state index < -0.39 is 0 Å². The quantitative estimate of drug-likeness (QED) is 0.771. The van der Waals surface area contributed by atoms with Gasteiger partial charge in [0.15, 0.2) is 0 Å². The van der Waals surface area contributed by atoms with Crippen LogP contribution in [0, 0.1) is 5.92 Å². The molecule has 3 aliphatic heterocycles. The van der Waals surface area contributed by atoms with Crippen molar-refractivity contribution in [2.75, 3.05) is 39.3 Å². The molecule has 3 saturated heterocycles. The second-order valence-corrected chi connectivity index (χ2v) is 7.95. The highest BCUT2D eigenvalue weighted by Crippen LogP contribution is 2.23. The first kappa shape index (κ1) is 18.8. The van der Waals surface area contributed by atoms with Crippen molar-refractivity contribution >= 4 is 17.9 Å². The molecule has 28 heavy (non-hydrogen) atoms. The second-order valence-electron chi connectivity index (χ2n) is 7.95. The van der Waals surface area contributed by atoms with Gasteiger partial charge in [-0.3, -0.25) is 9.59 Å². The number of hydrogen-bond acceptors (Lipinski definition) is 4. The first-order valence-corrected chi connectivity index (χ1v) is 10.1. The summed E-state index contributed by atoms with van der Waals surface area (Å²) < 4.78 is 5.01. The number of carbonyl (C=O) groups is 3. The SMILES string of the molecule is O=C(CN1C[C@@H](Cc2ccccc2)CC1=O)N1CCC(N2CCOC2=O)CC1. The van der Waals surface area contributed by atoms with Gasteiger partial charge in [-0.15, -0.1) is 0 Å². The first-order chi connectivity index (χ1) is 13.6. The number of nitrogens with zero attached hydrogens (tertiary/aromatic N) is 3. The molecule has 0 bridgehead atoms. The van der Waals surface area contributed by atoms with Gasteiger partial charge in [0.1, 0.15) is 6.61 Å². The molecule has 150 valence electrons. The summed E-state index contributed by atoms with van der Waals surface area (Å²) in [5, 5.41) is 0. The predicted octanol–water partition coefficient (Wildman–Crippen LogP) is 1.52. The van der Waals surface area contributed by atoms with Crippen LogP contribution in [0.3, 0.4) is 0 Å². The Labute approximate surface area is 165 Å². The number of benzene rings is 1. The lowest BCUT2D eigenvalue weighted by Crippen LogP contribution is -2.49. The summed E-state index contributed by atoms with van der Waals surface area (Å²) in [4.78, 5) is 42.0. The summed E-state index contributed by atoms with van der Waals surface area (Å²) >= 11 is 0. The van der Waals surface area contributed by atoms with Gasteiger partial charge in [0.05, 0.1) is 13.1 Å². The fraction of sp³-hybridized carbons (Fsp3) is 0.571. The number of cyclic esters (lactones) is 1. The number of hydrogen-bond donors (Lipinski definition) is 0. The molecule has 0 radical (unpaired) electrons. The molecule has 4 rings (SSSR count). The third-order valence-corrected chi connectivity index (χ3v) is 6.04. The number of amides is 3. The minimum absolute atomic E-state index is 0.0103. The van der Waals surface area contributed by atoms with Crippen molar-refractivity contribution in [2.45, 2.75) is 31.7 Å².